The fraction of sp³-hybridized carbons (Fsp3) is 0.500. The molecule has 6 rings (SSSR count). The largest absolute Gasteiger partial charge is 0.413 e. The lowest BCUT2D eigenvalue weighted by Crippen LogP contribution is -2.47. The van der Waals surface area contributed by atoms with Gasteiger partial charge in [-0.25, -0.2) is 0 Å². The van der Waals surface area contributed by atoms with E-state index in [-0.39, 0.29) is 51.2 Å². The lowest BCUT2D eigenvalue weighted by Gasteiger charge is -2.43. The highest BCUT2D eigenvalue weighted by Gasteiger charge is 2.42. The van der Waals surface area contributed by atoms with Crippen LogP contribution in [0.15, 0.2) is 121 Å². The third kappa shape index (κ3) is 18.6. The van der Waals surface area contributed by atoms with Crippen LogP contribution in [0.4, 0.5) is 0 Å². The van der Waals surface area contributed by atoms with Gasteiger partial charge in [0.2, 0.25) is 0 Å². The van der Waals surface area contributed by atoms with E-state index < -0.39 is 8.32 Å². The standard InChI is InChI=1S/C40H60OSi.C34H46O.2CO2/c1-14-31-18-17-19-33(28-31)36-24-23-35(27-30(36)5)40(15-2,16-3)34-22-20-32(29(4)26-34)21-25-37(38(6,7)8)41-42(12,13)39(9,10)11;1-9-26-13-12-14-28(23-26)31-19-18-30(22-25(31)5)34(10-2,11-3)29-17-15-27(24(4)21-29)16-20-32(35)33(6,7)8;2*2-1-3/h17-20,22-24,26-28,37H,14-16,21,25H2,1-13H3;12-15,17-19,21-23,32,35H,9-11,16,20H2,1-8H3;;. The van der Waals surface area contributed by atoms with Crippen molar-refractivity contribution in [2.75, 3.05) is 0 Å². The summed E-state index contributed by atoms with van der Waals surface area (Å²) in [7, 11) is -1.85. The minimum Gasteiger partial charge on any atom is -0.413 e. The molecule has 450 valence electrons. The molecule has 2 atom stereocenters. The van der Waals surface area contributed by atoms with Gasteiger partial charge in [0.15, 0.2) is 8.32 Å². The van der Waals surface area contributed by atoms with Gasteiger partial charge in [-0.15, -0.1) is 0 Å². The number of aliphatic hydroxyl groups is 1. The first-order valence-corrected chi connectivity index (χ1v) is 33.7. The maximum atomic E-state index is 10.5. The first kappa shape index (κ1) is 71.5. The number of benzene rings is 6. The Morgan fingerprint density at radius 1 is 0.458 bits per heavy atom. The highest BCUT2D eigenvalue weighted by molar-refractivity contribution is 6.74. The third-order valence-corrected chi connectivity index (χ3v) is 23.1. The normalized spacial score (nSPS) is 12.7. The number of hydrogen-bond donors (Lipinski definition) is 1. The van der Waals surface area contributed by atoms with E-state index in [0.717, 1.165) is 64.2 Å². The van der Waals surface area contributed by atoms with E-state index in [1.165, 1.54) is 89.0 Å². The van der Waals surface area contributed by atoms with Crippen LogP contribution in [0.3, 0.4) is 0 Å². The molecule has 0 aliphatic rings. The second kappa shape index (κ2) is 31.4. The van der Waals surface area contributed by atoms with Crippen molar-refractivity contribution in [2.24, 2.45) is 10.8 Å². The fourth-order valence-electron chi connectivity index (χ4n) is 11.7. The van der Waals surface area contributed by atoms with Gasteiger partial charge >= 0.3 is 12.3 Å². The van der Waals surface area contributed by atoms with Crippen LogP contribution >= 0.6 is 0 Å². The Labute approximate surface area is 504 Å². The molecule has 0 radical (unpaired) electrons. The number of rotatable bonds is 20. The van der Waals surface area contributed by atoms with Crippen molar-refractivity contribution in [3.05, 3.63) is 188 Å². The van der Waals surface area contributed by atoms with Crippen LogP contribution in [0.2, 0.25) is 18.1 Å². The van der Waals surface area contributed by atoms with Gasteiger partial charge in [0.25, 0.3) is 0 Å². The Bertz CT molecular complexity index is 3050. The van der Waals surface area contributed by atoms with E-state index in [1.54, 1.807) is 0 Å². The minimum atomic E-state index is -1.85. The molecule has 0 fully saturated rings. The first-order valence-electron chi connectivity index (χ1n) is 30.8. The van der Waals surface area contributed by atoms with Crippen LogP contribution < -0.4 is 0 Å². The van der Waals surface area contributed by atoms with E-state index in [0.29, 0.717) is 0 Å². The summed E-state index contributed by atoms with van der Waals surface area (Å²) >= 11 is 0. The predicted molar refractivity (Wildman–Crippen MR) is 351 cm³/mol. The number of aliphatic hydroxyl groups excluding tert-OH is 1. The molecule has 0 heterocycles. The van der Waals surface area contributed by atoms with Gasteiger partial charge in [0, 0.05) is 10.8 Å². The lowest BCUT2D eigenvalue weighted by molar-refractivity contribution is -0.193. The van der Waals surface area contributed by atoms with Crippen LogP contribution in [0.25, 0.3) is 22.3 Å². The summed E-state index contributed by atoms with van der Waals surface area (Å²) in [4.78, 5) is 32.5. The molecule has 1 N–H and O–H groups in total. The smallest absolute Gasteiger partial charge is 0.373 e. The van der Waals surface area contributed by atoms with Crippen LogP contribution in [0.1, 0.15) is 209 Å². The van der Waals surface area contributed by atoms with Gasteiger partial charge in [-0.05, 0) is 210 Å². The topological polar surface area (TPSA) is 97.7 Å². The van der Waals surface area contributed by atoms with Gasteiger partial charge in [-0.2, -0.15) is 19.2 Å². The SMILES string of the molecule is CCc1cccc(-c2ccc(C(CC)(CC)c3ccc(CCC(O)C(C)(C)C)c(C)c3)cc2C)c1.CCc1cccc(-c2ccc(C(CC)(CC)c3ccc(CCC(O[Si](C)(C)C(C)(C)C)C(C)(C)C)c(C)c3)cc2C)c1.O=C=O.O=C=O. The number of carbonyl (C=O) groups excluding carboxylic acids is 4. The van der Waals surface area contributed by atoms with E-state index in [2.05, 4.69) is 266 Å². The third-order valence-electron chi connectivity index (χ3n) is 18.6. The molecule has 0 amide bonds. The highest BCUT2D eigenvalue weighted by atomic mass is 28.4. The highest BCUT2D eigenvalue weighted by Crippen LogP contribution is 2.45. The van der Waals surface area contributed by atoms with Crippen molar-refractivity contribution in [2.45, 2.75) is 237 Å². The molecule has 2 unspecified atom stereocenters. The van der Waals surface area contributed by atoms with E-state index in [4.69, 9.17) is 23.6 Å². The predicted octanol–water partition coefficient (Wildman–Crippen LogP) is 19.8. The molecular formula is C76H106O6Si. The average molecular weight is 1140 g/mol. The molecule has 0 bridgehead atoms. The molecule has 6 nitrogen and oxygen atoms in total. The maximum absolute atomic E-state index is 10.5. The molecule has 0 spiro atoms. The summed E-state index contributed by atoms with van der Waals surface area (Å²) < 4.78 is 7.00. The molecule has 83 heavy (non-hydrogen) atoms. The van der Waals surface area contributed by atoms with Crippen molar-refractivity contribution < 1.29 is 28.7 Å². The van der Waals surface area contributed by atoms with Crippen LogP contribution in [0, 0.1) is 38.5 Å². The second-order valence-corrected chi connectivity index (χ2v) is 31.6. The monoisotopic (exact) mass is 1140 g/mol. The second-order valence-electron chi connectivity index (χ2n) is 26.9. The van der Waals surface area contributed by atoms with Crippen molar-refractivity contribution >= 4 is 20.6 Å². The molecule has 0 saturated carbocycles. The molecule has 0 aliphatic carbocycles. The molecule has 6 aromatic carbocycles. The van der Waals surface area contributed by atoms with Crippen LogP contribution in [-0.2, 0) is 60.1 Å². The Hall–Kier alpha value is -5.78. The fourth-order valence-corrected chi connectivity index (χ4v) is 13.3. The molecule has 0 aromatic heterocycles. The first-order chi connectivity index (χ1) is 38.9. The molecular weight excluding hydrogens is 1040 g/mol. The summed E-state index contributed by atoms with van der Waals surface area (Å²) in [6.45, 7) is 48.0. The van der Waals surface area contributed by atoms with Crippen molar-refractivity contribution in [1.82, 2.24) is 0 Å². The van der Waals surface area contributed by atoms with Crippen LogP contribution in [0.5, 0.6) is 0 Å². The average Bonchev–Trinajstić information content (AvgIpc) is 3.53. The number of hydrogen-bond acceptors (Lipinski definition) is 6. The van der Waals surface area contributed by atoms with Gasteiger partial charge in [0.05, 0.1) is 12.2 Å². The van der Waals surface area contributed by atoms with E-state index >= 15 is 0 Å². The van der Waals surface area contributed by atoms with E-state index in [9.17, 15) is 5.11 Å². The Balaban J connectivity index is 0.000000402. The van der Waals surface area contributed by atoms with Gasteiger partial charge in [-0.3, -0.25) is 0 Å². The lowest BCUT2D eigenvalue weighted by atomic mass is 9.69. The maximum Gasteiger partial charge on any atom is 0.373 e. The van der Waals surface area contributed by atoms with Crippen LogP contribution in [-0.4, -0.2) is 37.9 Å². The summed E-state index contributed by atoms with van der Waals surface area (Å²) in [6, 6.07) is 46.6. The molecule has 0 aliphatic heterocycles. The molecule has 7 heteroatoms. The van der Waals surface area contributed by atoms with Gasteiger partial charge in [-0.1, -0.05) is 225 Å². The number of aryl methyl sites for hydroxylation is 8. The Morgan fingerprint density at radius 3 is 1.08 bits per heavy atom. The summed E-state index contributed by atoms with van der Waals surface area (Å²) in [5.74, 6) is 0. The minimum absolute atomic E-state index is 0.00275. The summed E-state index contributed by atoms with van der Waals surface area (Å²) in [5.41, 5.74) is 22.1. The zero-order valence-corrected chi connectivity index (χ0v) is 56.3. The zero-order valence-electron chi connectivity index (χ0n) is 55.3. The zero-order chi connectivity index (χ0) is 62.7. The van der Waals surface area contributed by atoms with Crippen molar-refractivity contribution in [3.63, 3.8) is 0 Å². The Kier molecular flexibility index (Phi) is 27.0. The van der Waals surface area contributed by atoms with E-state index in [1.807, 2.05) is 0 Å². The molecule has 6 aromatic rings. The summed E-state index contributed by atoms with van der Waals surface area (Å²) in [5, 5.41) is 10.7. The van der Waals surface area contributed by atoms with Crippen molar-refractivity contribution in [3.8, 4) is 22.3 Å². The quantitative estimate of drug-likeness (QED) is 0.0765. The Morgan fingerprint density at radius 2 is 0.795 bits per heavy atom. The summed E-state index contributed by atoms with van der Waals surface area (Å²) in [6.07, 6.45) is 10.7. The van der Waals surface area contributed by atoms with Gasteiger partial charge < -0.3 is 9.53 Å². The molecule has 0 saturated heterocycles. The van der Waals surface area contributed by atoms with Crippen molar-refractivity contribution in [1.29, 1.82) is 0 Å². The van der Waals surface area contributed by atoms with Gasteiger partial charge in [0.1, 0.15) is 0 Å².